The molecule has 26 heavy (non-hydrogen) atoms. The zero-order valence-electron chi connectivity index (χ0n) is 15.4. The van der Waals surface area contributed by atoms with Gasteiger partial charge in [0.1, 0.15) is 5.76 Å². The third-order valence-corrected chi connectivity index (χ3v) is 6.30. The SMILES string of the molecule is CN1CC2(CCN(Cc3ccco3)CC2)c2nn(CC3CC3)cc2C1=O. The van der Waals surface area contributed by atoms with E-state index in [0.717, 1.165) is 68.5 Å². The molecule has 1 amide bonds. The van der Waals surface area contributed by atoms with Crippen molar-refractivity contribution in [2.75, 3.05) is 26.7 Å². The number of hydrogen-bond acceptors (Lipinski definition) is 4. The Hall–Kier alpha value is -2.08. The van der Waals surface area contributed by atoms with Crippen molar-refractivity contribution in [1.82, 2.24) is 19.6 Å². The molecule has 0 unspecified atom stereocenters. The number of nitrogens with zero attached hydrogens (tertiary/aromatic N) is 4. The molecule has 5 rings (SSSR count). The first-order valence-electron chi connectivity index (χ1n) is 9.71. The summed E-state index contributed by atoms with van der Waals surface area (Å²) in [5.74, 6) is 1.91. The Labute approximate surface area is 153 Å². The molecule has 3 aliphatic rings. The summed E-state index contributed by atoms with van der Waals surface area (Å²) in [7, 11) is 1.93. The van der Waals surface area contributed by atoms with E-state index in [0.29, 0.717) is 0 Å². The zero-order valence-corrected chi connectivity index (χ0v) is 15.4. The first-order chi connectivity index (χ1) is 12.6. The molecule has 0 N–H and O–H groups in total. The molecule has 1 saturated heterocycles. The maximum absolute atomic E-state index is 12.7. The van der Waals surface area contributed by atoms with Gasteiger partial charge in [-0.25, -0.2) is 0 Å². The summed E-state index contributed by atoms with van der Waals surface area (Å²) in [6.07, 6.45) is 8.41. The lowest BCUT2D eigenvalue weighted by Crippen LogP contribution is -2.53. The van der Waals surface area contributed by atoms with Gasteiger partial charge in [0.15, 0.2) is 0 Å². The van der Waals surface area contributed by atoms with Crippen LogP contribution in [-0.4, -0.2) is 52.2 Å². The third-order valence-electron chi connectivity index (χ3n) is 6.30. The molecule has 138 valence electrons. The zero-order chi connectivity index (χ0) is 17.7. The van der Waals surface area contributed by atoms with E-state index in [9.17, 15) is 4.79 Å². The first-order valence-corrected chi connectivity index (χ1v) is 9.71. The maximum atomic E-state index is 12.7. The predicted octanol–water partition coefficient (Wildman–Crippen LogP) is 2.51. The van der Waals surface area contributed by atoms with Crippen LogP contribution in [0.2, 0.25) is 0 Å². The molecule has 2 aromatic heterocycles. The molecule has 0 atom stereocenters. The van der Waals surface area contributed by atoms with Crippen LogP contribution in [0, 0.1) is 5.92 Å². The van der Waals surface area contributed by atoms with Gasteiger partial charge in [0.05, 0.1) is 24.1 Å². The standard InChI is InChI=1S/C20H26N4O2/c1-22-14-20(6-8-23(9-7-20)12-16-3-2-10-26-16)18-17(19(22)25)13-24(21-18)11-15-4-5-15/h2-3,10,13,15H,4-9,11-12,14H2,1H3. The van der Waals surface area contributed by atoms with Crippen LogP contribution in [0.25, 0.3) is 0 Å². The molecular formula is C20H26N4O2. The van der Waals surface area contributed by atoms with Crippen molar-refractivity contribution in [3.8, 4) is 0 Å². The number of aromatic nitrogens is 2. The van der Waals surface area contributed by atoms with E-state index in [1.165, 1.54) is 12.8 Å². The highest BCUT2D eigenvalue weighted by molar-refractivity contribution is 5.96. The van der Waals surface area contributed by atoms with E-state index in [-0.39, 0.29) is 11.3 Å². The highest BCUT2D eigenvalue weighted by Crippen LogP contribution is 2.41. The predicted molar refractivity (Wildman–Crippen MR) is 96.8 cm³/mol. The monoisotopic (exact) mass is 354 g/mol. The minimum Gasteiger partial charge on any atom is -0.468 e. The van der Waals surface area contributed by atoms with Crippen molar-refractivity contribution in [2.45, 2.75) is 44.2 Å². The van der Waals surface area contributed by atoms with Crippen molar-refractivity contribution >= 4 is 5.91 Å². The maximum Gasteiger partial charge on any atom is 0.257 e. The number of likely N-dealkylation sites (tertiary alicyclic amines) is 1. The van der Waals surface area contributed by atoms with Crippen molar-refractivity contribution in [2.24, 2.45) is 5.92 Å². The van der Waals surface area contributed by atoms with Crippen LogP contribution in [-0.2, 0) is 18.5 Å². The van der Waals surface area contributed by atoms with Gasteiger partial charge in [-0.2, -0.15) is 5.10 Å². The number of hydrogen-bond donors (Lipinski definition) is 0. The van der Waals surface area contributed by atoms with Crippen molar-refractivity contribution in [3.05, 3.63) is 41.6 Å². The molecule has 0 aromatic carbocycles. The molecule has 0 bridgehead atoms. The lowest BCUT2D eigenvalue weighted by atomic mass is 9.72. The average molecular weight is 354 g/mol. The van der Waals surface area contributed by atoms with Gasteiger partial charge in [0.25, 0.3) is 5.91 Å². The van der Waals surface area contributed by atoms with Crippen LogP contribution >= 0.6 is 0 Å². The molecular weight excluding hydrogens is 328 g/mol. The first kappa shape index (κ1) is 16.1. The topological polar surface area (TPSA) is 54.5 Å². The fraction of sp³-hybridized carbons (Fsp3) is 0.600. The Balaban J connectivity index is 1.38. The normalized spacial score (nSPS) is 22.8. The van der Waals surface area contributed by atoms with E-state index < -0.39 is 0 Å². The van der Waals surface area contributed by atoms with Crippen LogP contribution in [0.3, 0.4) is 0 Å². The van der Waals surface area contributed by atoms with Gasteiger partial charge < -0.3 is 9.32 Å². The van der Waals surface area contributed by atoms with Crippen LogP contribution in [0.1, 0.15) is 47.5 Å². The molecule has 4 heterocycles. The van der Waals surface area contributed by atoms with Gasteiger partial charge in [-0.15, -0.1) is 0 Å². The van der Waals surface area contributed by atoms with E-state index >= 15 is 0 Å². The Morgan fingerprint density at radius 2 is 2.12 bits per heavy atom. The number of fused-ring (bicyclic) bond motifs is 2. The number of likely N-dealkylation sites (N-methyl/N-ethyl adjacent to an activating group) is 1. The fourth-order valence-corrected chi connectivity index (χ4v) is 4.59. The summed E-state index contributed by atoms with van der Waals surface area (Å²) in [6, 6.07) is 3.98. The number of rotatable bonds is 4. The van der Waals surface area contributed by atoms with E-state index in [4.69, 9.17) is 9.52 Å². The summed E-state index contributed by atoms with van der Waals surface area (Å²) in [6.45, 7) is 4.63. The molecule has 2 aromatic rings. The number of carbonyl (C=O) groups excluding carboxylic acids is 1. The second-order valence-electron chi connectivity index (χ2n) is 8.35. The fourth-order valence-electron chi connectivity index (χ4n) is 4.59. The van der Waals surface area contributed by atoms with Gasteiger partial charge in [0.2, 0.25) is 0 Å². The quantitative estimate of drug-likeness (QED) is 0.847. The van der Waals surface area contributed by atoms with E-state index in [1.807, 2.05) is 35.0 Å². The number of furan rings is 1. The summed E-state index contributed by atoms with van der Waals surface area (Å²) in [5.41, 5.74) is 1.89. The molecule has 1 spiro atoms. The number of piperidine rings is 1. The molecule has 2 fully saturated rings. The van der Waals surface area contributed by atoms with Crippen molar-refractivity contribution in [1.29, 1.82) is 0 Å². The van der Waals surface area contributed by atoms with Crippen LogP contribution in [0.15, 0.2) is 29.0 Å². The van der Waals surface area contributed by atoms with Crippen LogP contribution in [0.5, 0.6) is 0 Å². The second kappa shape index (κ2) is 5.98. The largest absolute Gasteiger partial charge is 0.468 e. The lowest BCUT2D eigenvalue weighted by Gasteiger charge is -2.45. The molecule has 0 radical (unpaired) electrons. The molecule has 1 aliphatic carbocycles. The third kappa shape index (κ3) is 2.76. The molecule has 1 saturated carbocycles. The van der Waals surface area contributed by atoms with Gasteiger partial charge in [0, 0.05) is 31.7 Å². The minimum absolute atomic E-state index is 0.00641. The smallest absolute Gasteiger partial charge is 0.257 e. The number of carbonyl (C=O) groups is 1. The highest BCUT2D eigenvalue weighted by Gasteiger charge is 2.46. The minimum atomic E-state index is 0.00641. The van der Waals surface area contributed by atoms with Gasteiger partial charge in [-0.1, -0.05) is 0 Å². The van der Waals surface area contributed by atoms with Crippen LogP contribution in [0.4, 0.5) is 0 Å². The lowest BCUT2D eigenvalue weighted by molar-refractivity contribution is 0.0622. The van der Waals surface area contributed by atoms with Crippen molar-refractivity contribution < 1.29 is 9.21 Å². The molecule has 2 aliphatic heterocycles. The second-order valence-corrected chi connectivity index (χ2v) is 8.35. The van der Waals surface area contributed by atoms with Gasteiger partial charge >= 0.3 is 0 Å². The Kier molecular flexibility index (Phi) is 3.71. The van der Waals surface area contributed by atoms with Crippen LogP contribution < -0.4 is 0 Å². The number of amides is 1. The van der Waals surface area contributed by atoms with E-state index in [1.54, 1.807) is 6.26 Å². The Morgan fingerprint density at radius 3 is 2.81 bits per heavy atom. The summed E-state index contributed by atoms with van der Waals surface area (Å²) in [5, 5.41) is 4.93. The van der Waals surface area contributed by atoms with Gasteiger partial charge in [-0.3, -0.25) is 14.4 Å². The summed E-state index contributed by atoms with van der Waals surface area (Å²) >= 11 is 0. The molecule has 6 nitrogen and oxygen atoms in total. The highest BCUT2D eigenvalue weighted by atomic mass is 16.3. The average Bonchev–Trinajstić information content (AvgIpc) is 3.11. The van der Waals surface area contributed by atoms with E-state index in [2.05, 4.69) is 4.90 Å². The Bertz CT molecular complexity index is 798. The van der Waals surface area contributed by atoms with Gasteiger partial charge in [-0.05, 0) is 56.8 Å². The van der Waals surface area contributed by atoms with Crippen molar-refractivity contribution in [3.63, 3.8) is 0 Å². The summed E-state index contributed by atoms with van der Waals surface area (Å²) < 4.78 is 7.53. The summed E-state index contributed by atoms with van der Waals surface area (Å²) in [4.78, 5) is 17.0. The Morgan fingerprint density at radius 1 is 1.31 bits per heavy atom. The molecule has 6 heteroatoms.